The van der Waals surface area contributed by atoms with Gasteiger partial charge in [0.2, 0.25) is 0 Å². The Morgan fingerprint density at radius 2 is 0.854 bits per heavy atom. The van der Waals surface area contributed by atoms with Crippen molar-refractivity contribution in [3.8, 4) is 11.5 Å². The molecule has 2 unspecified atom stereocenters. The number of hydrogen-bond acceptors (Lipinski definition) is 4. The lowest BCUT2D eigenvalue weighted by Gasteiger charge is -2.39. The lowest BCUT2D eigenvalue weighted by atomic mass is 9.65. The van der Waals surface area contributed by atoms with E-state index in [4.69, 9.17) is 9.47 Å². The Morgan fingerprint density at radius 1 is 0.458 bits per heavy atom. The highest BCUT2D eigenvalue weighted by Gasteiger charge is 2.39. The molecule has 0 aliphatic carbocycles. The molecule has 4 nitrogen and oxygen atoms in total. The summed E-state index contributed by atoms with van der Waals surface area (Å²) in [5.41, 5.74) is 7.53. The molecule has 7 rings (SSSR count). The zero-order chi connectivity index (χ0) is 34.3. The van der Waals surface area contributed by atoms with Gasteiger partial charge in [0.1, 0.15) is 23.3 Å². The van der Waals surface area contributed by atoms with Gasteiger partial charge >= 0.3 is 11.9 Å². The van der Waals surface area contributed by atoms with Gasteiger partial charge in [0, 0.05) is 16.5 Å². The second-order valence-corrected chi connectivity index (χ2v) is 14.9. The summed E-state index contributed by atoms with van der Waals surface area (Å²) in [6, 6.07) is 42.4. The molecule has 5 aromatic rings. The van der Waals surface area contributed by atoms with E-state index in [-0.39, 0.29) is 40.0 Å². The van der Waals surface area contributed by atoms with Crippen molar-refractivity contribution in [2.45, 2.75) is 71.1 Å². The van der Waals surface area contributed by atoms with Gasteiger partial charge < -0.3 is 9.47 Å². The van der Waals surface area contributed by atoms with Crippen molar-refractivity contribution in [1.29, 1.82) is 0 Å². The highest BCUT2D eigenvalue weighted by Crippen LogP contribution is 2.46. The highest BCUT2D eigenvalue weighted by molar-refractivity contribution is 5.90. The maximum atomic E-state index is 12.4. The van der Waals surface area contributed by atoms with Crippen LogP contribution < -0.4 is 9.47 Å². The molecular weight excluding hydrogens is 592 g/mol. The molecule has 2 aliphatic rings. The van der Waals surface area contributed by atoms with Crippen molar-refractivity contribution in [1.82, 2.24) is 0 Å². The minimum absolute atomic E-state index is 0.00505. The van der Waals surface area contributed by atoms with Crippen molar-refractivity contribution in [2.75, 3.05) is 0 Å². The van der Waals surface area contributed by atoms with E-state index in [1.54, 1.807) is 0 Å². The van der Waals surface area contributed by atoms with Crippen molar-refractivity contribution in [3.63, 3.8) is 0 Å². The van der Waals surface area contributed by atoms with E-state index in [2.05, 4.69) is 97.0 Å². The molecule has 0 aromatic heterocycles. The average Bonchev–Trinajstić information content (AvgIpc) is 3.59. The number of hydrogen-bond donors (Lipinski definition) is 0. The third-order valence-electron chi connectivity index (χ3n) is 10.6. The second kappa shape index (κ2) is 12.6. The normalized spacial score (nSPS) is 17.1. The summed E-state index contributed by atoms with van der Waals surface area (Å²) in [7, 11) is 0. The molecule has 0 fully saturated rings. The molecule has 5 aromatic carbocycles. The number of benzene rings is 5. The topological polar surface area (TPSA) is 52.6 Å². The van der Waals surface area contributed by atoms with Crippen molar-refractivity contribution < 1.29 is 19.1 Å². The maximum absolute atomic E-state index is 12.4. The van der Waals surface area contributed by atoms with Gasteiger partial charge in [-0.15, -0.1) is 0 Å². The minimum atomic E-state index is -0.345. The molecule has 2 heterocycles. The van der Waals surface area contributed by atoms with Gasteiger partial charge in [-0.2, -0.15) is 0 Å². The van der Waals surface area contributed by atoms with E-state index in [9.17, 15) is 9.59 Å². The van der Waals surface area contributed by atoms with Gasteiger partial charge in [0.25, 0.3) is 0 Å². The number of ether oxygens (including phenoxy) is 2. The maximum Gasteiger partial charge on any atom is 0.323 e. The summed E-state index contributed by atoms with van der Waals surface area (Å²) in [5, 5.41) is 0. The molecule has 0 radical (unpaired) electrons. The molecule has 0 N–H and O–H groups in total. The summed E-state index contributed by atoms with van der Waals surface area (Å²) < 4.78 is 11.0. The number of rotatable bonds is 5. The van der Waals surface area contributed by atoms with Gasteiger partial charge in [-0.1, -0.05) is 158 Å². The van der Waals surface area contributed by atoms with E-state index in [1.807, 2.05) is 78.9 Å². The van der Waals surface area contributed by atoms with Crippen LogP contribution in [0.25, 0.3) is 0 Å². The molecule has 48 heavy (non-hydrogen) atoms. The van der Waals surface area contributed by atoms with Gasteiger partial charge in [-0.25, -0.2) is 0 Å². The summed E-state index contributed by atoms with van der Waals surface area (Å²) in [6.07, 6.45) is 0. The monoisotopic (exact) mass is 636 g/mol. The smallest absolute Gasteiger partial charge is 0.323 e. The molecule has 0 saturated carbocycles. The van der Waals surface area contributed by atoms with Crippen LogP contribution in [-0.4, -0.2) is 11.9 Å². The Hall–Kier alpha value is -4.96. The third kappa shape index (κ3) is 6.08. The molecule has 0 saturated heterocycles. The zero-order valence-electron chi connectivity index (χ0n) is 28.9. The number of carbonyl (C=O) groups is 2. The Bertz CT molecular complexity index is 1930. The van der Waals surface area contributed by atoms with E-state index < -0.39 is 0 Å². The Balaban J connectivity index is 0.000000168. The van der Waals surface area contributed by atoms with Gasteiger partial charge in [0.05, 0.1) is 0 Å². The Labute approximate surface area is 284 Å². The minimum Gasteiger partial charge on any atom is -0.425 e. The molecule has 0 spiro atoms. The molecule has 0 bridgehead atoms. The SMILES string of the molecule is CC(C)(C)C(C)(C)c1ccc2c(c1)C(c1ccccc1)C(=O)O2.CC(C)(c1ccccc1)c1ccc2c(c1)C(c1ccccc1)C(=O)O2. The average molecular weight is 637 g/mol. The zero-order valence-corrected chi connectivity index (χ0v) is 28.9. The van der Waals surface area contributed by atoms with E-state index in [1.165, 1.54) is 16.7 Å². The number of carbonyl (C=O) groups excluding carboxylic acids is 2. The second-order valence-electron chi connectivity index (χ2n) is 14.9. The summed E-state index contributed by atoms with van der Waals surface area (Å²) >= 11 is 0. The van der Waals surface area contributed by atoms with Crippen LogP contribution >= 0.6 is 0 Å². The van der Waals surface area contributed by atoms with Crippen LogP contribution in [0.4, 0.5) is 0 Å². The van der Waals surface area contributed by atoms with Crippen LogP contribution in [0.1, 0.15) is 99.2 Å². The van der Waals surface area contributed by atoms with E-state index in [0.29, 0.717) is 11.5 Å². The fourth-order valence-electron chi connectivity index (χ4n) is 6.48. The molecular formula is C44H44O4. The third-order valence-corrected chi connectivity index (χ3v) is 10.6. The van der Waals surface area contributed by atoms with Crippen LogP contribution in [0.5, 0.6) is 11.5 Å². The van der Waals surface area contributed by atoms with Crippen LogP contribution in [0.3, 0.4) is 0 Å². The first-order chi connectivity index (χ1) is 22.8. The first-order valence-corrected chi connectivity index (χ1v) is 16.7. The lowest BCUT2D eigenvalue weighted by Crippen LogP contribution is -2.34. The van der Waals surface area contributed by atoms with Gasteiger partial charge in [-0.05, 0) is 56.8 Å². The summed E-state index contributed by atoms with van der Waals surface area (Å²) in [5.74, 6) is 0.321. The van der Waals surface area contributed by atoms with Crippen molar-refractivity contribution in [3.05, 3.63) is 166 Å². The first kappa shape index (κ1) is 33.0. The van der Waals surface area contributed by atoms with Crippen LogP contribution in [0.15, 0.2) is 127 Å². The predicted octanol–water partition coefficient (Wildman–Crippen LogP) is 10.1. The molecule has 2 atom stereocenters. The number of esters is 2. The standard InChI is InChI=1S/C23H20O2.C21H24O2/c1-23(2,17-11-7-4-8-12-17)18-13-14-20-19(15-18)21(22(24)25-20)16-9-5-3-6-10-16;1-20(2,3)21(4,5)15-11-12-17-16(13-15)18(19(22)23-17)14-9-7-6-8-10-14/h3-15,21H,1-2H3;6-13,18H,1-5H3. The highest BCUT2D eigenvalue weighted by atomic mass is 16.5. The molecule has 244 valence electrons. The van der Waals surface area contributed by atoms with Crippen LogP contribution in [-0.2, 0) is 20.4 Å². The summed E-state index contributed by atoms with van der Waals surface area (Å²) in [4.78, 5) is 24.8. The van der Waals surface area contributed by atoms with Crippen molar-refractivity contribution >= 4 is 11.9 Å². The number of fused-ring (bicyclic) bond motifs is 2. The van der Waals surface area contributed by atoms with Crippen LogP contribution in [0.2, 0.25) is 0 Å². The van der Waals surface area contributed by atoms with Gasteiger partial charge in [-0.3, -0.25) is 9.59 Å². The molecule has 2 aliphatic heterocycles. The van der Waals surface area contributed by atoms with E-state index in [0.717, 1.165) is 22.3 Å². The Morgan fingerprint density at radius 3 is 1.29 bits per heavy atom. The fraction of sp³-hybridized carbons (Fsp3) is 0.273. The lowest BCUT2D eigenvalue weighted by molar-refractivity contribution is -0.134. The summed E-state index contributed by atoms with van der Waals surface area (Å²) in [6.45, 7) is 15.7. The Kier molecular flexibility index (Phi) is 8.63. The van der Waals surface area contributed by atoms with Gasteiger partial charge in [0.15, 0.2) is 0 Å². The molecule has 4 heteroatoms. The first-order valence-electron chi connectivity index (χ1n) is 16.7. The van der Waals surface area contributed by atoms with Crippen LogP contribution in [0, 0.1) is 5.41 Å². The van der Waals surface area contributed by atoms with Crippen molar-refractivity contribution in [2.24, 2.45) is 5.41 Å². The fourth-order valence-corrected chi connectivity index (χ4v) is 6.48. The molecule has 0 amide bonds. The largest absolute Gasteiger partial charge is 0.425 e. The van der Waals surface area contributed by atoms with E-state index >= 15 is 0 Å². The predicted molar refractivity (Wildman–Crippen MR) is 192 cm³/mol. The quantitative estimate of drug-likeness (QED) is 0.142.